The molecule has 0 saturated carbocycles. The summed E-state index contributed by atoms with van der Waals surface area (Å²) in [7, 11) is 1.91. The van der Waals surface area contributed by atoms with E-state index in [1.807, 2.05) is 36.1 Å². The molecule has 5 heteroatoms. The maximum absolute atomic E-state index is 5.67. The maximum atomic E-state index is 5.67. The summed E-state index contributed by atoms with van der Waals surface area (Å²) in [5.74, 6) is 0.336. The van der Waals surface area contributed by atoms with Crippen molar-refractivity contribution in [3.63, 3.8) is 0 Å². The van der Waals surface area contributed by atoms with E-state index in [4.69, 9.17) is 10.3 Å². The van der Waals surface area contributed by atoms with Gasteiger partial charge in [-0.2, -0.15) is 5.10 Å². The summed E-state index contributed by atoms with van der Waals surface area (Å²) in [4.78, 5) is 0. The van der Waals surface area contributed by atoms with Crippen LogP contribution < -0.4 is 5.73 Å². The van der Waals surface area contributed by atoms with Gasteiger partial charge in [-0.1, -0.05) is 11.2 Å². The number of hydrogen-bond acceptors (Lipinski definition) is 4. The molecule has 0 bridgehead atoms. The number of benzene rings is 1. The maximum Gasteiger partial charge on any atom is 0.229 e. The molecule has 0 unspecified atom stereocenters. The van der Waals surface area contributed by atoms with Crippen molar-refractivity contribution in [2.24, 2.45) is 7.05 Å². The van der Waals surface area contributed by atoms with Gasteiger partial charge in [0.05, 0.1) is 23.5 Å². The highest BCUT2D eigenvalue weighted by atomic mass is 16.5. The van der Waals surface area contributed by atoms with Crippen LogP contribution in [0, 0.1) is 0 Å². The van der Waals surface area contributed by atoms with E-state index in [9.17, 15) is 0 Å². The quantitative estimate of drug-likeness (QED) is 0.670. The van der Waals surface area contributed by atoms with E-state index < -0.39 is 0 Å². The molecule has 0 radical (unpaired) electrons. The molecule has 0 aliphatic carbocycles. The lowest BCUT2D eigenvalue weighted by Crippen LogP contribution is -1.88. The lowest BCUT2D eigenvalue weighted by molar-refractivity contribution is 0.436. The highest BCUT2D eigenvalue weighted by molar-refractivity contribution is 5.86. The van der Waals surface area contributed by atoms with Crippen LogP contribution in [0.2, 0.25) is 0 Å². The van der Waals surface area contributed by atoms with E-state index in [0.717, 1.165) is 22.0 Å². The molecule has 1 aromatic carbocycles. The summed E-state index contributed by atoms with van der Waals surface area (Å²) < 4.78 is 6.67. The van der Waals surface area contributed by atoms with E-state index in [2.05, 4.69) is 10.3 Å². The summed E-state index contributed by atoms with van der Waals surface area (Å²) >= 11 is 0. The fourth-order valence-electron chi connectivity index (χ4n) is 1.80. The molecule has 0 aliphatic rings. The largest absolute Gasteiger partial charge is 0.367 e. The van der Waals surface area contributed by atoms with Crippen molar-refractivity contribution in [2.75, 3.05) is 5.73 Å². The summed E-state index contributed by atoms with van der Waals surface area (Å²) in [5, 5.41) is 8.92. The van der Waals surface area contributed by atoms with E-state index >= 15 is 0 Å². The molecule has 0 saturated heterocycles. The minimum absolute atomic E-state index is 0.336. The lowest BCUT2D eigenvalue weighted by atomic mass is 10.1. The minimum Gasteiger partial charge on any atom is -0.367 e. The van der Waals surface area contributed by atoms with Crippen LogP contribution in [0.4, 0.5) is 5.88 Å². The third-order valence-corrected chi connectivity index (χ3v) is 2.66. The summed E-state index contributed by atoms with van der Waals surface area (Å²) in [5.41, 5.74) is 8.55. The molecule has 2 heterocycles. The van der Waals surface area contributed by atoms with Gasteiger partial charge >= 0.3 is 0 Å². The Bertz CT molecular complexity index is 653. The van der Waals surface area contributed by atoms with Crippen molar-refractivity contribution in [3.8, 4) is 11.1 Å². The topological polar surface area (TPSA) is 69.9 Å². The van der Waals surface area contributed by atoms with Crippen molar-refractivity contribution in [2.45, 2.75) is 0 Å². The third-order valence-electron chi connectivity index (χ3n) is 2.66. The zero-order valence-corrected chi connectivity index (χ0v) is 8.71. The molecular weight excluding hydrogens is 204 g/mol. The highest BCUT2D eigenvalue weighted by Gasteiger charge is 2.08. The fraction of sp³-hybridized carbons (Fsp3) is 0.0909. The number of nitrogens with zero attached hydrogens (tertiary/aromatic N) is 3. The van der Waals surface area contributed by atoms with Crippen LogP contribution >= 0.6 is 0 Å². The SMILES string of the molecule is Cn1ncc2cc(-c3cnoc3N)ccc21. The Hall–Kier alpha value is -2.30. The van der Waals surface area contributed by atoms with Gasteiger partial charge in [-0.05, 0) is 17.7 Å². The summed E-state index contributed by atoms with van der Waals surface area (Å²) in [6.45, 7) is 0. The third kappa shape index (κ3) is 1.18. The van der Waals surface area contributed by atoms with Crippen molar-refractivity contribution in [3.05, 3.63) is 30.6 Å². The number of nitrogen functional groups attached to an aromatic ring is 1. The van der Waals surface area contributed by atoms with Gasteiger partial charge in [0.2, 0.25) is 5.88 Å². The van der Waals surface area contributed by atoms with Crippen LogP contribution in [0.3, 0.4) is 0 Å². The van der Waals surface area contributed by atoms with Gasteiger partial charge in [0.1, 0.15) is 0 Å². The molecule has 2 N–H and O–H groups in total. The molecule has 5 nitrogen and oxygen atoms in total. The highest BCUT2D eigenvalue weighted by Crippen LogP contribution is 2.28. The Morgan fingerprint density at radius 2 is 2.19 bits per heavy atom. The van der Waals surface area contributed by atoms with E-state index in [1.165, 1.54) is 0 Å². The molecule has 0 amide bonds. The predicted molar refractivity (Wildman–Crippen MR) is 60.6 cm³/mol. The zero-order valence-electron chi connectivity index (χ0n) is 8.71. The second-order valence-corrected chi connectivity index (χ2v) is 3.65. The van der Waals surface area contributed by atoms with Crippen molar-refractivity contribution < 1.29 is 4.52 Å². The number of rotatable bonds is 1. The monoisotopic (exact) mass is 214 g/mol. The molecule has 0 fully saturated rings. The molecule has 3 aromatic rings. The van der Waals surface area contributed by atoms with Gasteiger partial charge in [0, 0.05) is 12.4 Å². The Morgan fingerprint density at radius 1 is 1.31 bits per heavy atom. The van der Waals surface area contributed by atoms with Gasteiger partial charge < -0.3 is 10.3 Å². The normalized spacial score (nSPS) is 11.1. The van der Waals surface area contributed by atoms with Gasteiger partial charge in [-0.3, -0.25) is 4.68 Å². The Morgan fingerprint density at radius 3 is 2.94 bits per heavy atom. The molecule has 16 heavy (non-hydrogen) atoms. The second kappa shape index (κ2) is 3.10. The molecule has 2 aromatic heterocycles. The van der Waals surface area contributed by atoms with E-state index in [1.54, 1.807) is 6.20 Å². The fourth-order valence-corrected chi connectivity index (χ4v) is 1.80. The number of hydrogen-bond donors (Lipinski definition) is 1. The Kier molecular flexibility index (Phi) is 1.73. The number of aryl methyl sites for hydroxylation is 1. The molecule has 0 aliphatic heterocycles. The first kappa shape index (κ1) is 8.96. The smallest absolute Gasteiger partial charge is 0.229 e. The molecular formula is C11H10N4O. The van der Waals surface area contributed by atoms with Crippen LogP contribution in [0.5, 0.6) is 0 Å². The van der Waals surface area contributed by atoms with Gasteiger partial charge in [-0.15, -0.1) is 0 Å². The summed E-state index contributed by atoms with van der Waals surface area (Å²) in [6.07, 6.45) is 3.44. The van der Waals surface area contributed by atoms with E-state index in [-0.39, 0.29) is 0 Å². The van der Waals surface area contributed by atoms with E-state index in [0.29, 0.717) is 5.88 Å². The first-order chi connectivity index (χ1) is 7.75. The van der Waals surface area contributed by atoms with Crippen LogP contribution in [0.1, 0.15) is 0 Å². The zero-order chi connectivity index (χ0) is 11.1. The summed E-state index contributed by atoms with van der Waals surface area (Å²) in [6, 6.07) is 6.00. The standard InChI is InChI=1S/C11H10N4O/c1-15-10-3-2-7(4-8(10)5-13-15)9-6-14-16-11(9)12/h2-6H,12H2,1H3. The number of nitrogens with two attached hydrogens (primary N) is 1. The predicted octanol–water partition coefficient (Wildman–Crippen LogP) is 1.81. The Labute approximate surface area is 91.4 Å². The average molecular weight is 214 g/mol. The second-order valence-electron chi connectivity index (χ2n) is 3.65. The van der Waals surface area contributed by atoms with Gasteiger partial charge in [0.15, 0.2) is 0 Å². The average Bonchev–Trinajstić information content (AvgIpc) is 2.86. The molecule has 80 valence electrons. The minimum atomic E-state index is 0.336. The van der Waals surface area contributed by atoms with Gasteiger partial charge in [-0.25, -0.2) is 0 Å². The molecule has 3 rings (SSSR count). The van der Waals surface area contributed by atoms with Crippen LogP contribution in [-0.4, -0.2) is 14.9 Å². The van der Waals surface area contributed by atoms with Gasteiger partial charge in [0.25, 0.3) is 0 Å². The number of anilines is 1. The van der Waals surface area contributed by atoms with Crippen LogP contribution in [0.25, 0.3) is 22.0 Å². The number of fused-ring (bicyclic) bond motifs is 1. The Balaban J connectivity index is 2.23. The molecule has 0 spiro atoms. The lowest BCUT2D eigenvalue weighted by Gasteiger charge is -1.99. The van der Waals surface area contributed by atoms with Crippen molar-refractivity contribution in [1.29, 1.82) is 0 Å². The van der Waals surface area contributed by atoms with Crippen LogP contribution in [-0.2, 0) is 7.05 Å². The van der Waals surface area contributed by atoms with Crippen LogP contribution in [0.15, 0.2) is 35.1 Å². The molecule has 0 atom stereocenters. The first-order valence-electron chi connectivity index (χ1n) is 4.88. The van der Waals surface area contributed by atoms with Crippen molar-refractivity contribution >= 4 is 16.8 Å². The first-order valence-corrected chi connectivity index (χ1v) is 4.88. The number of aromatic nitrogens is 3. The van der Waals surface area contributed by atoms with Crippen molar-refractivity contribution in [1.82, 2.24) is 14.9 Å².